The van der Waals surface area contributed by atoms with Gasteiger partial charge in [-0.1, -0.05) is 30.3 Å². The Labute approximate surface area is 225 Å². The summed E-state index contributed by atoms with van der Waals surface area (Å²) in [5.74, 6) is 2.81. The largest absolute Gasteiger partial charge is 0.356 e. The molecule has 0 bridgehead atoms. The van der Waals surface area contributed by atoms with Gasteiger partial charge in [0.25, 0.3) is 0 Å². The summed E-state index contributed by atoms with van der Waals surface area (Å²) in [6.07, 6.45) is 3.76. The lowest BCUT2D eigenvalue weighted by Crippen LogP contribution is -2.45. The van der Waals surface area contributed by atoms with Crippen LogP contribution in [0.2, 0.25) is 0 Å². The van der Waals surface area contributed by atoms with Gasteiger partial charge in [0.15, 0.2) is 0 Å². The van der Waals surface area contributed by atoms with Crippen LogP contribution in [0.15, 0.2) is 35.7 Å². The fourth-order valence-corrected chi connectivity index (χ4v) is 7.21. The molecule has 3 aromatic rings. The number of nitrogens with zero attached hydrogens (tertiary/aromatic N) is 7. The fraction of sp³-hybridized carbons (Fsp3) is 0.586. The first kappa shape index (κ1) is 25.0. The summed E-state index contributed by atoms with van der Waals surface area (Å²) < 4.78 is 0. The number of benzene rings is 1. The van der Waals surface area contributed by atoms with Crippen molar-refractivity contribution in [2.45, 2.75) is 25.3 Å². The third-order valence-corrected chi connectivity index (χ3v) is 9.60. The number of hydrogen-bond acceptors (Lipinski definition) is 8. The molecule has 1 aromatic carbocycles. The van der Waals surface area contributed by atoms with Gasteiger partial charge in [-0.15, -0.1) is 11.3 Å². The number of anilines is 2. The highest BCUT2D eigenvalue weighted by Crippen LogP contribution is 2.40. The lowest BCUT2D eigenvalue weighted by molar-refractivity contribution is 0.192. The lowest BCUT2D eigenvalue weighted by atomic mass is 9.95. The van der Waals surface area contributed by atoms with E-state index >= 15 is 0 Å². The maximum Gasteiger partial charge on any atom is 0.228 e. The van der Waals surface area contributed by atoms with Crippen LogP contribution in [-0.4, -0.2) is 111 Å². The van der Waals surface area contributed by atoms with Gasteiger partial charge in [-0.2, -0.15) is 4.98 Å². The van der Waals surface area contributed by atoms with E-state index in [9.17, 15) is 0 Å². The molecule has 0 amide bonds. The van der Waals surface area contributed by atoms with Crippen LogP contribution in [0.5, 0.6) is 0 Å². The highest BCUT2D eigenvalue weighted by molar-refractivity contribution is 7.17. The number of aromatic nitrogens is 2. The quantitative estimate of drug-likeness (QED) is 0.488. The zero-order valence-electron chi connectivity index (χ0n) is 22.6. The molecule has 3 aliphatic heterocycles. The minimum Gasteiger partial charge on any atom is -0.356 e. The number of thiophene rings is 1. The van der Waals surface area contributed by atoms with Crippen molar-refractivity contribution in [3.05, 3.63) is 35.7 Å². The molecular formula is C29H41N7S. The van der Waals surface area contributed by atoms with Gasteiger partial charge in [-0.25, -0.2) is 4.98 Å². The first-order valence-electron chi connectivity index (χ1n) is 14.0. The lowest BCUT2D eigenvalue weighted by Gasteiger charge is -2.37. The molecule has 5 heterocycles. The summed E-state index contributed by atoms with van der Waals surface area (Å²) in [5.41, 5.74) is 2.52. The van der Waals surface area contributed by atoms with E-state index in [2.05, 4.69) is 81.4 Å². The molecule has 2 aromatic heterocycles. The standard InChI is InChI=1S/C29H41N7S/c1-32-15-17-36(18-16-32)29-30-27(26-25(21-37-28(26)31-29)23-7-5-4-6-8-23)35-13-9-22(10-14-35)19-34(3)24-11-12-33(2)20-24/h4-8,21-22,24H,9-20H2,1-3H3. The second-order valence-electron chi connectivity index (χ2n) is 11.4. The van der Waals surface area contributed by atoms with Crippen molar-refractivity contribution in [1.29, 1.82) is 0 Å². The van der Waals surface area contributed by atoms with Crippen molar-refractivity contribution < 1.29 is 0 Å². The molecule has 3 aliphatic rings. The first-order valence-corrected chi connectivity index (χ1v) is 14.8. The number of likely N-dealkylation sites (N-methyl/N-ethyl adjacent to an activating group) is 3. The second kappa shape index (κ2) is 10.8. The van der Waals surface area contributed by atoms with Crippen LogP contribution < -0.4 is 9.80 Å². The molecule has 0 saturated carbocycles. The van der Waals surface area contributed by atoms with Crippen LogP contribution in [0.4, 0.5) is 11.8 Å². The number of piperazine rings is 1. The first-order chi connectivity index (χ1) is 18.0. The number of fused-ring (bicyclic) bond motifs is 1. The van der Waals surface area contributed by atoms with Crippen molar-refractivity contribution in [2.75, 3.05) is 89.8 Å². The molecule has 1 atom stereocenters. The molecule has 7 nitrogen and oxygen atoms in total. The van der Waals surface area contributed by atoms with Crippen molar-refractivity contribution >= 4 is 33.3 Å². The van der Waals surface area contributed by atoms with Crippen molar-refractivity contribution in [3.8, 4) is 11.1 Å². The topological polar surface area (TPSA) is 42.0 Å². The van der Waals surface area contributed by atoms with Crippen LogP contribution in [0.25, 0.3) is 21.3 Å². The molecule has 3 saturated heterocycles. The van der Waals surface area contributed by atoms with E-state index in [-0.39, 0.29) is 0 Å². The van der Waals surface area contributed by atoms with Gasteiger partial charge in [0.1, 0.15) is 10.6 Å². The third kappa shape index (κ3) is 5.35. The predicted molar refractivity (Wildman–Crippen MR) is 156 cm³/mol. The molecule has 3 fully saturated rings. The summed E-state index contributed by atoms with van der Waals surface area (Å²) >= 11 is 1.76. The van der Waals surface area contributed by atoms with Gasteiger partial charge < -0.3 is 24.5 Å². The highest BCUT2D eigenvalue weighted by Gasteiger charge is 2.29. The summed E-state index contributed by atoms with van der Waals surface area (Å²) in [7, 11) is 6.79. The molecule has 198 valence electrons. The van der Waals surface area contributed by atoms with Crippen LogP contribution in [0.1, 0.15) is 19.3 Å². The zero-order chi connectivity index (χ0) is 25.4. The highest BCUT2D eigenvalue weighted by atomic mass is 32.1. The van der Waals surface area contributed by atoms with E-state index in [4.69, 9.17) is 9.97 Å². The number of rotatable bonds is 6. The number of likely N-dealkylation sites (tertiary alicyclic amines) is 1. The molecule has 0 radical (unpaired) electrons. The van der Waals surface area contributed by atoms with E-state index < -0.39 is 0 Å². The van der Waals surface area contributed by atoms with Crippen LogP contribution in [-0.2, 0) is 0 Å². The average Bonchev–Trinajstić information content (AvgIpc) is 3.56. The summed E-state index contributed by atoms with van der Waals surface area (Å²) in [5, 5.41) is 3.52. The second-order valence-corrected chi connectivity index (χ2v) is 12.3. The Morgan fingerprint density at radius 3 is 2.32 bits per heavy atom. The van der Waals surface area contributed by atoms with Gasteiger partial charge in [0.05, 0.1) is 5.39 Å². The summed E-state index contributed by atoms with van der Waals surface area (Å²) in [6.45, 7) is 9.90. The van der Waals surface area contributed by atoms with Crippen molar-refractivity contribution in [3.63, 3.8) is 0 Å². The minimum absolute atomic E-state index is 0.718. The molecular weight excluding hydrogens is 478 g/mol. The summed E-state index contributed by atoms with van der Waals surface area (Å²) in [6, 6.07) is 11.5. The maximum atomic E-state index is 5.30. The number of piperidine rings is 1. The van der Waals surface area contributed by atoms with Gasteiger partial charge in [-0.05, 0) is 58.4 Å². The molecule has 0 N–H and O–H groups in total. The Hall–Kier alpha value is -2.26. The van der Waals surface area contributed by atoms with Crippen LogP contribution in [0, 0.1) is 5.92 Å². The Morgan fingerprint density at radius 1 is 0.865 bits per heavy atom. The minimum atomic E-state index is 0.718. The van der Waals surface area contributed by atoms with Crippen molar-refractivity contribution in [1.82, 2.24) is 24.7 Å². The normalized spacial score (nSPS) is 22.5. The summed E-state index contributed by atoms with van der Waals surface area (Å²) in [4.78, 5) is 23.9. The molecule has 8 heteroatoms. The van der Waals surface area contributed by atoms with E-state index in [0.717, 1.165) is 67.8 Å². The maximum absolute atomic E-state index is 5.30. The van der Waals surface area contributed by atoms with Gasteiger partial charge in [-0.3, -0.25) is 0 Å². The Balaban J connectivity index is 1.25. The van der Waals surface area contributed by atoms with E-state index in [1.54, 1.807) is 11.3 Å². The van der Waals surface area contributed by atoms with E-state index in [1.165, 1.54) is 55.4 Å². The van der Waals surface area contributed by atoms with Crippen LogP contribution in [0.3, 0.4) is 0 Å². The molecule has 0 spiro atoms. The molecule has 37 heavy (non-hydrogen) atoms. The Kier molecular flexibility index (Phi) is 7.34. The predicted octanol–water partition coefficient (Wildman–Crippen LogP) is 3.96. The van der Waals surface area contributed by atoms with Gasteiger partial charge >= 0.3 is 0 Å². The fourth-order valence-electron chi connectivity index (χ4n) is 6.27. The van der Waals surface area contributed by atoms with Gasteiger partial charge in [0, 0.05) is 69.3 Å². The van der Waals surface area contributed by atoms with Crippen molar-refractivity contribution in [2.24, 2.45) is 5.92 Å². The van der Waals surface area contributed by atoms with Crippen LogP contribution >= 0.6 is 11.3 Å². The monoisotopic (exact) mass is 519 g/mol. The Bertz CT molecular complexity index is 1180. The smallest absolute Gasteiger partial charge is 0.228 e. The molecule has 0 aliphatic carbocycles. The van der Waals surface area contributed by atoms with E-state index in [0.29, 0.717) is 0 Å². The molecule has 6 rings (SSSR count). The SMILES string of the molecule is CN1CCN(c2nc(N3CCC(CN(C)C4CCN(C)C4)CC3)c3c(-c4ccccc4)csc3n2)CC1. The average molecular weight is 520 g/mol. The van der Waals surface area contributed by atoms with E-state index in [1.807, 2.05) is 0 Å². The molecule has 1 unspecified atom stereocenters. The van der Waals surface area contributed by atoms with Gasteiger partial charge in [0.2, 0.25) is 5.95 Å². The zero-order valence-corrected chi connectivity index (χ0v) is 23.5. The third-order valence-electron chi connectivity index (χ3n) is 8.72. The number of hydrogen-bond donors (Lipinski definition) is 0. The Morgan fingerprint density at radius 2 is 1.62 bits per heavy atom.